The first-order valence-corrected chi connectivity index (χ1v) is 5.33. The van der Waals surface area contributed by atoms with Crippen LogP contribution in [0.5, 0.6) is 0 Å². The highest BCUT2D eigenvalue weighted by molar-refractivity contribution is 6.31. The molecule has 0 unspecified atom stereocenters. The second kappa shape index (κ2) is 5.45. The van der Waals surface area contributed by atoms with Crippen LogP contribution in [-0.2, 0) is 6.54 Å². The summed E-state index contributed by atoms with van der Waals surface area (Å²) in [5, 5.41) is 13.0. The van der Waals surface area contributed by atoms with Gasteiger partial charge in [-0.15, -0.1) is 0 Å². The average Bonchev–Trinajstić information content (AvgIpc) is 2.21. The van der Waals surface area contributed by atoms with Crippen LogP contribution in [0.25, 0.3) is 0 Å². The standard InChI is InChI=1S/C11H17ClN2O/c1-11(2,8-15)7-14-5-9-3-4-13-6-10(9)12/h3-4,6,14-15H,5,7-8H2,1-2H3. The normalized spacial score (nSPS) is 11.7. The molecule has 0 spiro atoms. The first-order chi connectivity index (χ1) is 7.05. The van der Waals surface area contributed by atoms with Gasteiger partial charge in [-0.1, -0.05) is 25.4 Å². The van der Waals surface area contributed by atoms with Crippen LogP contribution >= 0.6 is 11.6 Å². The first-order valence-electron chi connectivity index (χ1n) is 4.95. The predicted molar refractivity (Wildman–Crippen MR) is 61.8 cm³/mol. The number of rotatable bonds is 5. The van der Waals surface area contributed by atoms with Crippen molar-refractivity contribution in [2.75, 3.05) is 13.2 Å². The molecule has 0 radical (unpaired) electrons. The van der Waals surface area contributed by atoms with Crippen molar-refractivity contribution in [1.29, 1.82) is 0 Å². The van der Waals surface area contributed by atoms with E-state index in [1.807, 2.05) is 19.9 Å². The van der Waals surface area contributed by atoms with Crippen LogP contribution in [0.15, 0.2) is 18.5 Å². The number of pyridine rings is 1. The minimum atomic E-state index is -0.0977. The lowest BCUT2D eigenvalue weighted by atomic mass is 9.95. The summed E-state index contributed by atoms with van der Waals surface area (Å²) in [4.78, 5) is 3.92. The molecule has 0 amide bonds. The van der Waals surface area contributed by atoms with Gasteiger partial charge in [0.2, 0.25) is 0 Å². The van der Waals surface area contributed by atoms with Gasteiger partial charge in [-0.25, -0.2) is 0 Å². The Hall–Kier alpha value is -0.640. The summed E-state index contributed by atoms with van der Waals surface area (Å²) in [6, 6.07) is 1.89. The third-order valence-corrected chi connectivity index (χ3v) is 2.54. The lowest BCUT2D eigenvalue weighted by Gasteiger charge is -2.22. The molecule has 1 heterocycles. The number of nitrogens with zero attached hydrogens (tertiary/aromatic N) is 1. The lowest BCUT2D eigenvalue weighted by molar-refractivity contribution is 0.156. The number of hydrogen-bond donors (Lipinski definition) is 2. The van der Waals surface area contributed by atoms with Gasteiger partial charge < -0.3 is 10.4 Å². The summed E-state index contributed by atoms with van der Waals surface area (Å²) in [6.45, 7) is 5.64. The molecule has 1 aromatic rings. The molecule has 0 saturated heterocycles. The fraction of sp³-hybridized carbons (Fsp3) is 0.545. The van der Waals surface area contributed by atoms with Crippen molar-refractivity contribution < 1.29 is 5.11 Å². The zero-order chi connectivity index (χ0) is 11.3. The van der Waals surface area contributed by atoms with Crippen molar-refractivity contribution >= 4 is 11.6 Å². The molecule has 0 aliphatic rings. The van der Waals surface area contributed by atoms with Gasteiger partial charge in [-0.3, -0.25) is 4.98 Å². The van der Waals surface area contributed by atoms with Crippen molar-refractivity contribution in [3.63, 3.8) is 0 Å². The van der Waals surface area contributed by atoms with Crippen molar-refractivity contribution in [2.45, 2.75) is 20.4 Å². The Balaban J connectivity index is 2.42. The molecular formula is C11H17ClN2O. The van der Waals surface area contributed by atoms with E-state index in [2.05, 4.69) is 10.3 Å². The van der Waals surface area contributed by atoms with Gasteiger partial charge >= 0.3 is 0 Å². The van der Waals surface area contributed by atoms with Crippen molar-refractivity contribution in [3.8, 4) is 0 Å². The largest absolute Gasteiger partial charge is 0.396 e. The third-order valence-electron chi connectivity index (χ3n) is 2.20. The maximum atomic E-state index is 9.07. The molecule has 3 nitrogen and oxygen atoms in total. The van der Waals surface area contributed by atoms with E-state index in [0.717, 1.165) is 12.1 Å². The molecule has 84 valence electrons. The highest BCUT2D eigenvalue weighted by atomic mass is 35.5. The third kappa shape index (κ3) is 4.16. The maximum Gasteiger partial charge on any atom is 0.0634 e. The Morgan fingerprint density at radius 1 is 1.53 bits per heavy atom. The van der Waals surface area contributed by atoms with Gasteiger partial charge in [0, 0.05) is 37.5 Å². The number of hydrogen-bond acceptors (Lipinski definition) is 3. The van der Waals surface area contributed by atoms with Gasteiger partial charge in [0.25, 0.3) is 0 Å². The summed E-state index contributed by atoms with van der Waals surface area (Å²) in [5.74, 6) is 0. The highest BCUT2D eigenvalue weighted by Gasteiger charge is 2.15. The Kier molecular flexibility index (Phi) is 4.51. The molecule has 0 aliphatic heterocycles. The van der Waals surface area contributed by atoms with Gasteiger partial charge in [0.15, 0.2) is 0 Å². The van der Waals surface area contributed by atoms with Gasteiger partial charge in [-0.05, 0) is 11.6 Å². The zero-order valence-corrected chi connectivity index (χ0v) is 9.88. The minimum Gasteiger partial charge on any atom is -0.396 e. The molecule has 0 aromatic carbocycles. The maximum absolute atomic E-state index is 9.07. The van der Waals surface area contributed by atoms with Crippen molar-refractivity contribution in [2.24, 2.45) is 5.41 Å². The summed E-state index contributed by atoms with van der Waals surface area (Å²) in [7, 11) is 0. The van der Waals surface area contributed by atoms with Gasteiger partial charge in [-0.2, -0.15) is 0 Å². The first kappa shape index (κ1) is 12.4. The van der Waals surface area contributed by atoms with Crippen LogP contribution in [0, 0.1) is 5.41 Å². The number of halogens is 1. The van der Waals surface area contributed by atoms with Crippen LogP contribution in [-0.4, -0.2) is 23.2 Å². The molecule has 0 aliphatic carbocycles. The molecule has 2 N–H and O–H groups in total. The van der Waals surface area contributed by atoms with Crippen LogP contribution in [0.1, 0.15) is 19.4 Å². The Labute approximate surface area is 95.5 Å². The van der Waals surface area contributed by atoms with Gasteiger partial charge in [0.05, 0.1) is 5.02 Å². The molecule has 4 heteroatoms. The topological polar surface area (TPSA) is 45.1 Å². The fourth-order valence-corrected chi connectivity index (χ4v) is 1.32. The molecule has 15 heavy (non-hydrogen) atoms. The summed E-state index contributed by atoms with van der Waals surface area (Å²) >= 11 is 5.96. The average molecular weight is 229 g/mol. The Morgan fingerprint density at radius 2 is 2.27 bits per heavy atom. The Morgan fingerprint density at radius 3 is 2.87 bits per heavy atom. The van der Waals surface area contributed by atoms with E-state index < -0.39 is 0 Å². The van der Waals surface area contributed by atoms with Crippen LogP contribution in [0.2, 0.25) is 5.02 Å². The number of aliphatic hydroxyl groups excluding tert-OH is 1. The van der Waals surface area contributed by atoms with Crippen LogP contribution in [0.3, 0.4) is 0 Å². The van der Waals surface area contributed by atoms with E-state index in [9.17, 15) is 0 Å². The SMILES string of the molecule is CC(C)(CO)CNCc1ccncc1Cl. The van der Waals surface area contributed by atoms with E-state index in [4.69, 9.17) is 16.7 Å². The lowest BCUT2D eigenvalue weighted by Crippen LogP contribution is -2.31. The van der Waals surface area contributed by atoms with Crippen LogP contribution < -0.4 is 5.32 Å². The predicted octanol–water partition coefficient (Wildman–Crippen LogP) is 1.84. The molecular weight excluding hydrogens is 212 g/mol. The molecule has 1 aromatic heterocycles. The summed E-state index contributed by atoms with van der Waals surface area (Å²) in [6.07, 6.45) is 3.36. The fourth-order valence-electron chi connectivity index (χ4n) is 1.14. The van der Waals surface area contributed by atoms with E-state index in [1.54, 1.807) is 12.4 Å². The van der Waals surface area contributed by atoms with E-state index in [1.165, 1.54) is 0 Å². The summed E-state index contributed by atoms with van der Waals surface area (Å²) < 4.78 is 0. The van der Waals surface area contributed by atoms with E-state index in [-0.39, 0.29) is 12.0 Å². The second-order valence-corrected chi connectivity index (χ2v) is 4.80. The highest BCUT2D eigenvalue weighted by Crippen LogP contribution is 2.15. The number of nitrogens with one attached hydrogen (secondary N) is 1. The van der Waals surface area contributed by atoms with Gasteiger partial charge in [0.1, 0.15) is 0 Å². The minimum absolute atomic E-state index is 0.0977. The monoisotopic (exact) mass is 228 g/mol. The van der Waals surface area contributed by atoms with Crippen LogP contribution in [0.4, 0.5) is 0 Å². The smallest absolute Gasteiger partial charge is 0.0634 e. The molecule has 0 fully saturated rings. The van der Waals surface area contributed by atoms with Crippen molar-refractivity contribution in [1.82, 2.24) is 10.3 Å². The molecule has 0 saturated carbocycles. The quantitative estimate of drug-likeness (QED) is 0.809. The van der Waals surface area contributed by atoms with Crippen molar-refractivity contribution in [3.05, 3.63) is 29.0 Å². The molecule has 1 rings (SSSR count). The summed E-state index contributed by atoms with van der Waals surface area (Å²) in [5.41, 5.74) is 0.930. The molecule has 0 atom stereocenters. The van der Waals surface area contributed by atoms with E-state index in [0.29, 0.717) is 11.6 Å². The number of aliphatic hydroxyl groups is 1. The molecule has 0 bridgehead atoms. The number of aromatic nitrogens is 1. The zero-order valence-electron chi connectivity index (χ0n) is 9.13. The second-order valence-electron chi connectivity index (χ2n) is 4.39. The van der Waals surface area contributed by atoms with E-state index >= 15 is 0 Å². The Bertz CT molecular complexity index is 315.